The Morgan fingerprint density at radius 1 is 1.06 bits per heavy atom. The Kier molecular flexibility index (Phi) is 5.67. The van der Waals surface area contributed by atoms with Crippen LogP contribution in [0.5, 0.6) is 0 Å². The molecule has 1 N–H and O–H groups in total. The lowest BCUT2D eigenvalue weighted by Gasteiger charge is -2.52. The molecule has 0 atom stereocenters. The number of rotatable bonds is 6. The number of piperidine rings is 1. The number of halogens is 1. The summed E-state index contributed by atoms with van der Waals surface area (Å²) < 4.78 is 14.9. The fourth-order valence-corrected chi connectivity index (χ4v) is 5.42. The molecule has 1 aliphatic carbocycles. The summed E-state index contributed by atoms with van der Waals surface area (Å²) in [5.41, 5.74) is 4.57. The lowest BCUT2D eigenvalue weighted by atomic mass is 9.57. The molecule has 1 aliphatic heterocycles. The normalized spacial score (nSPS) is 18.6. The SMILES string of the molecule is Cc1nn(C)cc1-c1ccc(NCC2CC3(CCN(Cc4ccc(F)cc4)CC3)C2)nn1. The number of likely N-dealkylation sites (tertiary alicyclic amines) is 1. The number of benzene rings is 1. The highest BCUT2D eigenvalue weighted by Crippen LogP contribution is 2.52. The molecule has 1 saturated carbocycles. The summed E-state index contributed by atoms with van der Waals surface area (Å²) in [6, 6.07) is 10.9. The van der Waals surface area contributed by atoms with E-state index in [0.717, 1.165) is 48.9 Å². The fraction of sp³-hybridized carbons (Fsp3) is 0.480. The molecule has 2 fully saturated rings. The third-order valence-corrected chi connectivity index (χ3v) is 7.21. The zero-order valence-corrected chi connectivity index (χ0v) is 18.9. The van der Waals surface area contributed by atoms with E-state index in [1.165, 1.54) is 31.2 Å². The molecule has 2 aromatic heterocycles. The number of anilines is 1. The minimum atomic E-state index is -0.161. The van der Waals surface area contributed by atoms with Crippen LogP contribution in [0.1, 0.15) is 36.9 Å². The largest absolute Gasteiger partial charge is 0.368 e. The van der Waals surface area contributed by atoms with Crippen LogP contribution in [0.3, 0.4) is 0 Å². The molecule has 3 heterocycles. The first kappa shape index (κ1) is 21.1. The molecule has 32 heavy (non-hydrogen) atoms. The topological polar surface area (TPSA) is 58.9 Å². The van der Waals surface area contributed by atoms with E-state index in [2.05, 4.69) is 25.5 Å². The van der Waals surface area contributed by atoms with E-state index in [1.807, 2.05) is 44.4 Å². The van der Waals surface area contributed by atoms with Gasteiger partial charge in [0.2, 0.25) is 0 Å². The number of aryl methyl sites for hydroxylation is 2. The van der Waals surface area contributed by atoms with Gasteiger partial charge in [-0.05, 0) is 86.9 Å². The summed E-state index contributed by atoms with van der Waals surface area (Å²) in [6.07, 6.45) is 7.11. The summed E-state index contributed by atoms with van der Waals surface area (Å²) in [7, 11) is 1.92. The van der Waals surface area contributed by atoms with E-state index in [0.29, 0.717) is 11.3 Å². The van der Waals surface area contributed by atoms with Crippen molar-refractivity contribution in [2.45, 2.75) is 39.2 Å². The summed E-state index contributed by atoms with van der Waals surface area (Å²) in [5.74, 6) is 1.39. The predicted octanol–water partition coefficient (Wildman–Crippen LogP) is 4.43. The van der Waals surface area contributed by atoms with Gasteiger partial charge < -0.3 is 5.32 Å². The van der Waals surface area contributed by atoms with Crippen molar-refractivity contribution >= 4 is 5.82 Å². The van der Waals surface area contributed by atoms with Crippen molar-refractivity contribution in [2.75, 3.05) is 25.0 Å². The summed E-state index contributed by atoms with van der Waals surface area (Å²) in [4.78, 5) is 2.51. The molecular formula is C25H31FN6. The second kappa shape index (κ2) is 8.62. The molecule has 0 unspecified atom stereocenters. The Labute approximate surface area is 188 Å². The van der Waals surface area contributed by atoms with Crippen molar-refractivity contribution < 1.29 is 4.39 Å². The summed E-state index contributed by atoms with van der Waals surface area (Å²) in [5, 5.41) is 16.6. The average molecular weight is 435 g/mol. The van der Waals surface area contributed by atoms with Crippen molar-refractivity contribution in [3.05, 3.63) is 59.7 Å². The van der Waals surface area contributed by atoms with Crippen LogP contribution in [0.25, 0.3) is 11.3 Å². The van der Waals surface area contributed by atoms with Gasteiger partial charge in [-0.1, -0.05) is 12.1 Å². The van der Waals surface area contributed by atoms with Crippen LogP contribution in [0.4, 0.5) is 10.2 Å². The van der Waals surface area contributed by atoms with Crippen LogP contribution in [-0.2, 0) is 13.6 Å². The highest BCUT2D eigenvalue weighted by Gasteiger charge is 2.45. The van der Waals surface area contributed by atoms with Gasteiger partial charge in [0.1, 0.15) is 11.6 Å². The van der Waals surface area contributed by atoms with Crippen LogP contribution in [0.15, 0.2) is 42.6 Å². The van der Waals surface area contributed by atoms with Gasteiger partial charge >= 0.3 is 0 Å². The second-order valence-corrected chi connectivity index (χ2v) is 9.66. The Bertz CT molecular complexity index is 1040. The van der Waals surface area contributed by atoms with Gasteiger partial charge in [-0.25, -0.2) is 4.39 Å². The van der Waals surface area contributed by atoms with Crippen molar-refractivity contribution in [3.8, 4) is 11.3 Å². The third kappa shape index (κ3) is 4.53. The molecule has 0 amide bonds. The van der Waals surface area contributed by atoms with E-state index in [4.69, 9.17) is 0 Å². The van der Waals surface area contributed by atoms with Crippen molar-refractivity contribution in [1.29, 1.82) is 0 Å². The maximum absolute atomic E-state index is 13.1. The minimum absolute atomic E-state index is 0.161. The van der Waals surface area contributed by atoms with Gasteiger partial charge in [0.05, 0.1) is 11.4 Å². The van der Waals surface area contributed by atoms with E-state index in [-0.39, 0.29) is 5.82 Å². The van der Waals surface area contributed by atoms with Gasteiger partial charge in [0, 0.05) is 31.9 Å². The molecule has 168 valence electrons. The zero-order chi connectivity index (χ0) is 22.1. The van der Waals surface area contributed by atoms with Crippen LogP contribution in [0, 0.1) is 24.1 Å². The van der Waals surface area contributed by atoms with E-state index in [1.54, 1.807) is 16.8 Å². The Hall–Kier alpha value is -2.80. The standard InChI is InChI=1S/C25H31FN6/c1-18-22(17-31(2)30-18)23-7-8-24(29-28-23)27-15-20-13-25(14-20)9-11-32(12-10-25)16-19-3-5-21(26)6-4-19/h3-8,17,20H,9-16H2,1-2H3,(H,27,29). The first-order valence-corrected chi connectivity index (χ1v) is 11.5. The van der Waals surface area contributed by atoms with Gasteiger partial charge in [-0.15, -0.1) is 10.2 Å². The quantitative estimate of drug-likeness (QED) is 0.622. The molecule has 6 nitrogen and oxygen atoms in total. The molecule has 1 spiro atoms. The number of hydrogen-bond donors (Lipinski definition) is 1. The van der Waals surface area contributed by atoms with E-state index in [9.17, 15) is 4.39 Å². The average Bonchev–Trinajstić information content (AvgIpc) is 3.12. The number of nitrogens with zero attached hydrogens (tertiary/aromatic N) is 5. The zero-order valence-electron chi connectivity index (χ0n) is 18.9. The van der Waals surface area contributed by atoms with Crippen LogP contribution in [-0.4, -0.2) is 44.5 Å². The minimum Gasteiger partial charge on any atom is -0.368 e. The first-order valence-electron chi connectivity index (χ1n) is 11.5. The lowest BCUT2D eigenvalue weighted by molar-refractivity contribution is -0.0100. The van der Waals surface area contributed by atoms with E-state index >= 15 is 0 Å². The molecule has 0 radical (unpaired) electrons. The maximum Gasteiger partial charge on any atom is 0.148 e. The highest BCUT2D eigenvalue weighted by molar-refractivity contribution is 5.61. The Morgan fingerprint density at radius 2 is 1.81 bits per heavy atom. The Balaban J connectivity index is 1.06. The Morgan fingerprint density at radius 3 is 2.44 bits per heavy atom. The predicted molar refractivity (Wildman–Crippen MR) is 124 cm³/mol. The van der Waals surface area contributed by atoms with Crippen molar-refractivity contribution in [2.24, 2.45) is 18.4 Å². The second-order valence-electron chi connectivity index (χ2n) is 9.66. The molecule has 2 aliphatic rings. The molecule has 1 saturated heterocycles. The molecular weight excluding hydrogens is 403 g/mol. The van der Waals surface area contributed by atoms with Gasteiger partial charge in [0.25, 0.3) is 0 Å². The van der Waals surface area contributed by atoms with Gasteiger partial charge in [0.15, 0.2) is 0 Å². The fourth-order valence-electron chi connectivity index (χ4n) is 5.42. The van der Waals surface area contributed by atoms with Crippen molar-refractivity contribution in [1.82, 2.24) is 24.9 Å². The van der Waals surface area contributed by atoms with Gasteiger partial charge in [-0.3, -0.25) is 9.58 Å². The summed E-state index contributed by atoms with van der Waals surface area (Å²) >= 11 is 0. The smallest absolute Gasteiger partial charge is 0.148 e. The number of hydrogen-bond acceptors (Lipinski definition) is 5. The van der Waals surface area contributed by atoms with Gasteiger partial charge in [-0.2, -0.15) is 5.10 Å². The lowest BCUT2D eigenvalue weighted by Crippen LogP contribution is -2.48. The summed E-state index contributed by atoms with van der Waals surface area (Å²) in [6.45, 7) is 6.15. The van der Waals surface area contributed by atoms with Crippen molar-refractivity contribution in [3.63, 3.8) is 0 Å². The third-order valence-electron chi connectivity index (χ3n) is 7.21. The molecule has 7 heteroatoms. The molecule has 0 bridgehead atoms. The van der Waals surface area contributed by atoms with Crippen LogP contribution < -0.4 is 5.32 Å². The number of aromatic nitrogens is 4. The highest BCUT2D eigenvalue weighted by atomic mass is 19.1. The van der Waals surface area contributed by atoms with Crippen LogP contribution in [0.2, 0.25) is 0 Å². The molecule has 5 rings (SSSR count). The molecule has 1 aromatic carbocycles. The molecule has 3 aromatic rings. The monoisotopic (exact) mass is 434 g/mol. The number of nitrogens with one attached hydrogen (secondary N) is 1. The maximum atomic E-state index is 13.1. The van der Waals surface area contributed by atoms with E-state index < -0.39 is 0 Å². The van der Waals surface area contributed by atoms with Crippen LogP contribution >= 0.6 is 0 Å². The first-order chi connectivity index (χ1) is 15.5.